The van der Waals surface area contributed by atoms with E-state index in [1.165, 1.54) is 51.4 Å². The van der Waals surface area contributed by atoms with E-state index in [-0.39, 0.29) is 0 Å². The molecule has 0 bridgehead atoms. The van der Waals surface area contributed by atoms with Crippen molar-refractivity contribution in [3.05, 3.63) is 0 Å². The standard InChI is InChI=1S/C15H28N2O/c1-2-14-10-4-3-7-11-17(14)15(18)12-16-13-8-5-6-9-13/h13-14,16H,2-12H2,1H3. The molecule has 3 nitrogen and oxygen atoms in total. The monoisotopic (exact) mass is 252 g/mol. The first-order valence-electron chi connectivity index (χ1n) is 7.84. The number of rotatable bonds is 4. The molecule has 1 saturated heterocycles. The van der Waals surface area contributed by atoms with Gasteiger partial charge in [-0.05, 0) is 32.1 Å². The molecule has 1 saturated carbocycles. The molecule has 1 aliphatic carbocycles. The van der Waals surface area contributed by atoms with Crippen molar-refractivity contribution in [2.45, 2.75) is 76.8 Å². The summed E-state index contributed by atoms with van der Waals surface area (Å²) in [7, 11) is 0. The van der Waals surface area contributed by atoms with Crippen LogP contribution in [0.4, 0.5) is 0 Å². The van der Waals surface area contributed by atoms with Crippen LogP contribution in [0.3, 0.4) is 0 Å². The number of hydrogen-bond donors (Lipinski definition) is 1. The molecule has 0 aromatic heterocycles. The van der Waals surface area contributed by atoms with Crippen LogP contribution in [0.25, 0.3) is 0 Å². The second-order valence-corrected chi connectivity index (χ2v) is 5.86. The lowest BCUT2D eigenvalue weighted by molar-refractivity contribution is -0.132. The molecule has 2 rings (SSSR count). The van der Waals surface area contributed by atoms with Gasteiger partial charge in [0, 0.05) is 18.6 Å². The smallest absolute Gasteiger partial charge is 0.236 e. The average Bonchev–Trinajstić information content (AvgIpc) is 2.79. The van der Waals surface area contributed by atoms with Crippen LogP contribution in [0.2, 0.25) is 0 Å². The lowest BCUT2D eigenvalue weighted by atomic mass is 10.1. The van der Waals surface area contributed by atoms with Gasteiger partial charge >= 0.3 is 0 Å². The summed E-state index contributed by atoms with van der Waals surface area (Å²) in [5.41, 5.74) is 0. The second-order valence-electron chi connectivity index (χ2n) is 5.86. The number of nitrogens with one attached hydrogen (secondary N) is 1. The number of amides is 1. The quantitative estimate of drug-likeness (QED) is 0.834. The zero-order valence-electron chi connectivity index (χ0n) is 11.8. The summed E-state index contributed by atoms with van der Waals surface area (Å²) in [6.07, 6.45) is 11.2. The van der Waals surface area contributed by atoms with E-state index in [9.17, 15) is 4.79 Å². The van der Waals surface area contributed by atoms with E-state index in [4.69, 9.17) is 0 Å². The maximum atomic E-state index is 12.3. The van der Waals surface area contributed by atoms with Crippen molar-refractivity contribution in [2.75, 3.05) is 13.1 Å². The molecule has 1 N–H and O–H groups in total. The van der Waals surface area contributed by atoms with E-state index in [2.05, 4.69) is 17.1 Å². The molecule has 0 radical (unpaired) electrons. The number of likely N-dealkylation sites (tertiary alicyclic amines) is 1. The van der Waals surface area contributed by atoms with Crippen LogP contribution in [-0.2, 0) is 4.79 Å². The largest absolute Gasteiger partial charge is 0.339 e. The minimum Gasteiger partial charge on any atom is -0.339 e. The minimum absolute atomic E-state index is 0.329. The van der Waals surface area contributed by atoms with Crippen LogP contribution in [0.5, 0.6) is 0 Å². The normalized spacial score (nSPS) is 26.3. The molecule has 18 heavy (non-hydrogen) atoms. The van der Waals surface area contributed by atoms with Crippen molar-refractivity contribution < 1.29 is 4.79 Å². The minimum atomic E-state index is 0.329. The Morgan fingerprint density at radius 2 is 1.83 bits per heavy atom. The summed E-state index contributed by atoms with van der Waals surface area (Å²) in [4.78, 5) is 14.5. The molecular formula is C15H28N2O. The van der Waals surface area contributed by atoms with Crippen molar-refractivity contribution in [3.63, 3.8) is 0 Å². The van der Waals surface area contributed by atoms with E-state index >= 15 is 0 Å². The fourth-order valence-corrected chi connectivity index (χ4v) is 3.39. The van der Waals surface area contributed by atoms with Crippen molar-refractivity contribution in [1.29, 1.82) is 0 Å². The predicted octanol–water partition coefficient (Wildman–Crippen LogP) is 2.70. The molecule has 0 spiro atoms. The third kappa shape index (κ3) is 3.71. The molecule has 0 aromatic rings. The summed E-state index contributed by atoms with van der Waals surface area (Å²) in [6.45, 7) is 3.74. The fraction of sp³-hybridized carbons (Fsp3) is 0.933. The Bertz CT molecular complexity index is 261. The summed E-state index contributed by atoms with van der Waals surface area (Å²) in [5, 5.41) is 3.45. The molecule has 104 valence electrons. The Kier molecular flexibility index (Phi) is 5.48. The van der Waals surface area contributed by atoms with Gasteiger partial charge in [-0.2, -0.15) is 0 Å². The van der Waals surface area contributed by atoms with Gasteiger partial charge in [-0.25, -0.2) is 0 Å². The highest BCUT2D eigenvalue weighted by atomic mass is 16.2. The van der Waals surface area contributed by atoms with Crippen molar-refractivity contribution >= 4 is 5.91 Å². The van der Waals surface area contributed by atoms with Gasteiger partial charge in [-0.3, -0.25) is 4.79 Å². The summed E-state index contributed by atoms with van der Waals surface area (Å²) in [6, 6.07) is 1.09. The number of hydrogen-bond acceptors (Lipinski definition) is 2. The summed E-state index contributed by atoms with van der Waals surface area (Å²) in [5.74, 6) is 0.329. The molecule has 3 heteroatoms. The topological polar surface area (TPSA) is 32.3 Å². The lowest BCUT2D eigenvalue weighted by Gasteiger charge is -2.30. The van der Waals surface area contributed by atoms with Gasteiger partial charge in [0.15, 0.2) is 0 Å². The predicted molar refractivity (Wildman–Crippen MR) is 74.5 cm³/mol. The molecule has 1 amide bonds. The first-order valence-corrected chi connectivity index (χ1v) is 7.84. The van der Waals surface area contributed by atoms with Crippen molar-refractivity contribution in [3.8, 4) is 0 Å². The molecular weight excluding hydrogens is 224 g/mol. The van der Waals surface area contributed by atoms with Crippen LogP contribution in [-0.4, -0.2) is 36.0 Å². The van der Waals surface area contributed by atoms with Gasteiger partial charge in [0.1, 0.15) is 0 Å². The summed E-state index contributed by atoms with van der Waals surface area (Å²) < 4.78 is 0. The van der Waals surface area contributed by atoms with Crippen LogP contribution in [0.15, 0.2) is 0 Å². The lowest BCUT2D eigenvalue weighted by Crippen LogP contribution is -2.45. The van der Waals surface area contributed by atoms with Gasteiger partial charge in [-0.1, -0.05) is 32.6 Å². The van der Waals surface area contributed by atoms with Crippen LogP contribution in [0, 0.1) is 0 Å². The first kappa shape index (κ1) is 13.9. The second kappa shape index (κ2) is 7.13. The molecule has 1 unspecified atom stereocenters. The maximum Gasteiger partial charge on any atom is 0.236 e. The fourth-order valence-electron chi connectivity index (χ4n) is 3.39. The van der Waals surface area contributed by atoms with Gasteiger partial charge in [0.2, 0.25) is 5.91 Å². The Labute approximate surface area is 111 Å². The number of carbonyl (C=O) groups is 1. The number of carbonyl (C=O) groups excluding carboxylic acids is 1. The van der Waals surface area contributed by atoms with Crippen LogP contribution >= 0.6 is 0 Å². The highest BCUT2D eigenvalue weighted by Gasteiger charge is 2.24. The Morgan fingerprint density at radius 1 is 1.11 bits per heavy atom. The third-order valence-electron chi connectivity index (χ3n) is 4.57. The molecule has 2 fully saturated rings. The van der Waals surface area contributed by atoms with Crippen LogP contribution < -0.4 is 5.32 Å². The Morgan fingerprint density at radius 3 is 2.56 bits per heavy atom. The van der Waals surface area contributed by atoms with Gasteiger partial charge in [0.25, 0.3) is 0 Å². The first-order chi connectivity index (χ1) is 8.81. The molecule has 1 atom stereocenters. The van der Waals surface area contributed by atoms with E-state index in [0.717, 1.165) is 13.0 Å². The van der Waals surface area contributed by atoms with Gasteiger partial charge in [-0.15, -0.1) is 0 Å². The van der Waals surface area contributed by atoms with Crippen molar-refractivity contribution in [2.24, 2.45) is 0 Å². The molecule has 2 aliphatic rings. The number of nitrogens with zero attached hydrogens (tertiary/aromatic N) is 1. The molecule has 0 aromatic carbocycles. The average molecular weight is 252 g/mol. The highest BCUT2D eigenvalue weighted by molar-refractivity contribution is 5.78. The van der Waals surface area contributed by atoms with Crippen LogP contribution in [0.1, 0.15) is 64.7 Å². The Hall–Kier alpha value is -0.570. The van der Waals surface area contributed by atoms with Crippen molar-refractivity contribution in [1.82, 2.24) is 10.2 Å². The highest BCUT2D eigenvalue weighted by Crippen LogP contribution is 2.20. The Balaban J connectivity index is 1.80. The SMILES string of the molecule is CCC1CCCCCN1C(=O)CNC1CCCC1. The van der Waals surface area contributed by atoms with E-state index in [0.29, 0.717) is 24.5 Å². The summed E-state index contributed by atoms with van der Waals surface area (Å²) >= 11 is 0. The molecule has 1 heterocycles. The van der Waals surface area contributed by atoms with E-state index in [1.807, 2.05) is 0 Å². The maximum absolute atomic E-state index is 12.3. The zero-order valence-corrected chi connectivity index (χ0v) is 11.8. The third-order valence-corrected chi connectivity index (χ3v) is 4.57. The van der Waals surface area contributed by atoms with Gasteiger partial charge in [0.05, 0.1) is 6.54 Å². The van der Waals surface area contributed by atoms with E-state index < -0.39 is 0 Å². The van der Waals surface area contributed by atoms with Gasteiger partial charge < -0.3 is 10.2 Å². The molecule has 1 aliphatic heterocycles. The zero-order chi connectivity index (χ0) is 12.8. The van der Waals surface area contributed by atoms with E-state index in [1.54, 1.807) is 0 Å².